The van der Waals surface area contributed by atoms with E-state index in [-0.39, 0.29) is 12.3 Å². The lowest BCUT2D eigenvalue weighted by Gasteiger charge is -2.07. The first-order chi connectivity index (χ1) is 8.24. The average Bonchev–Trinajstić information content (AvgIpc) is 2.38. The molecule has 0 fully saturated rings. The van der Waals surface area contributed by atoms with Crippen LogP contribution in [0, 0.1) is 10.1 Å². The van der Waals surface area contributed by atoms with E-state index in [2.05, 4.69) is 0 Å². The highest BCUT2D eigenvalue weighted by atomic mass is 16.6. The smallest absolute Gasteiger partial charge is 0.275 e. The minimum absolute atomic E-state index is 0.0474. The highest BCUT2D eigenvalue weighted by molar-refractivity contribution is 5.71. The molecule has 0 saturated carbocycles. The van der Waals surface area contributed by atoms with Crippen LogP contribution < -0.4 is 0 Å². The van der Waals surface area contributed by atoms with Crippen LogP contribution >= 0.6 is 0 Å². The van der Waals surface area contributed by atoms with E-state index in [9.17, 15) is 15.2 Å². The van der Waals surface area contributed by atoms with Gasteiger partial charge in [0.05, 0.1) is 17.1 Å². The van der Waals surface area contributed by atoms with Crippen LogP contribution in [-0.2, 0) is 6.61 Å². The number of nitro benzene ring substituents is 1. The maximum atomic E-state index is 10.9. The van der Waals surface area contributed by atoms with Crippen molar-refractivity contribution in [3.8, 4) is 11.1 Å². The van der Waals surface area contributed by atoms with Crippen molar-refractivity contribution in [1.29, 1.82) is 0 Å². The third-order valence-corrected chi connectivity index (χ3v) is 2.59. The highest BCUT2D eigenvalue weighted by Crippen LogP contribution is 2.30. The first-order valence-electron chi connectivity index (χ1n) is 5.16. The van der Waals surface area contributed by atoms with Crippen LogP contribution in [0.5, 0.6) is 0 Å². The van der Waals surface area contributed by atoms with Gasteiger partial charge in [-0.3, -0.25) is 10.1 Å². The summed E-state index contributed by atoms with van der Waals surface area (Å²) in [6.07, 6.45) is 0. The molecule has 0 saturated heterocycles. The van der Waals surface area contributed by atoms with Gasteiger partial charge in [0.25, 0.3) is 5.69 Å². The monoisotopic (exact) mass is 229 g/mol. The van der Waals surface area contributed by atoms with Crippen molar-refractivity contribution in [3.63, 3.8) is 0 Å². The third-order valence-electron chi connectivity index (χ3n) is 2.59. The highest BCUT2D eigenvalue weighted by Gasteiger charge is 2.16. The van der Waals surface area contributed by atoms with Crippen LogP contribution in [-0.4, -0.2) is 10.0 Å². The summed E-state index contributed by atoms with van der Waals surface area (Å²) in [6.45, 7) is -0.346. The Balaban J connectivity index is 2.63. The number of benzene rings is 2. The lowest BCUT2D eigenvalue weighted by molar-refractivity contribution is -0.385. The maximum absolute atomic E-state index is 10.9. The predicted molar refractivity (Wildman–Crippen MR) is 64.5 cm³/mol. The Morgan fingerprint density at radius 3 is 2.35 bits per heavy atom. The van der Waals surface area contributed by atoms with Crippen LogP contribution in [0.1, 0.15) is 5.56 Å². The lowest BCUT2D eigenvalue weighted by atomic mass is 9.99. The van der Waals surface area contributed by atoms with E-state index in [1.165, 1.54) is 6.07 Å². The zero-order valence-electron chi connectivity index (χ0n) is 9.04. The summed E-state index contributed by atoms with van der Waals surface area (Å²) in [7, 11) is 0. The normalized spacial score (nSPS) is 10.2. The second-order valence-corrected chi connectivity index (χ2v) is 3.58. The Morgan fingerprint density at radius 1 is 1.06 bits per heavy atom. The first-order valence-corrected chi connectivity index (χ1v) is 5.16. The summed E-state index contributed by atoms with van der Waals surface area (Å²) in [6, 6.07) is 14.1. The van der Waals surface area contributed by atoms with Gasteiger partial charge in [-0.25, -0.2) is 0 Å². The van der Waals surface area contributed by atoms with E-state index >= 15 is 0 Å². The zero-order chi connectivity index (χ0) is 12.3. The van der Waals surface area contributed by atoms with Crippen LogP contribution in [0.25, 0.3) is 11.1 Å². The molecule has 0 atom stereocenters. The lowest BCUT2D eigenvalue weighted by Crippen LogP contribution is -1.97. The second-order valence-electron chi connectivity index (χ2n) is 3.58. The van der Waals surface area contributed by atoms with E-state index in [1.54, 1.807) is 12.1 Å². The molecule has 0 heterocycles. The van der Waals surface area contributed by atoms with Gasteiger partial charge in [-0.2, -0.15) is 0 Å². The molecule has 0 amide bonds. The van der Waals surface area contributed by atoms with Crippen LogP contribution in [0.4, 0.5) is 5.69 Å². The summed E-state index contributed by atoms with van der Waals surface area (Å²) >= 11 is 0. The summed E-state index contributed by atoms with van der Waals surface area (Å²) in [5, 5.41) is 20.2. The fourth-order valence-corrected chi connectivity index (χ4v) is 1.80. The van der Waals surface area contributed by atoms with Gasteiger partial charge in [0.1, 0.15) is 0 Å². The quantitative estimate of drug-likeness (QED) is 0.650. The number of hydrogen-bond donors (Lipinski definition) is 1. The molecule has 0 aromatic heterocycles. The number of aliphatic hydroxyl groups excluding tert-OH is 1. The molecule has 0 spiro atoms. The Labute approximate surface area is 98.3 Å². The maximum Gasteiger partial charge on any atom is 0.275 e. The fraction of sp³-hybridized carbons (Fsp3) is 0.0769. The van der Waals surface area contributed by atoms with Crippen LogP contribution in [0.15, 0.2) is 48.5 Å². The van der Waals surface area contributed by atoms with Crippen molar-refractivity contribution in [3.05, 3.63) is 64.2 Å². The number of rotatable bonds is 3. The Morgan fingerprint density at radius 2 is 1.76 bits per heavy atom. The molecule has 0 aliphatic carbocycles. The van der Waals surface area contributed by atoms with Crippen molar-refractivity contribution in [2.75, 3.05) is 0 Å². The van der Waals surface area contributed by atoms with Crippen molar-refractivity contribution in [1.82, 2.24) is 0 Å². The fourth-order valence-electron chi connectivity index (χ4n) is 1.80. The van der Waals surface area contributed by atoms with Gasteiger partial charge in [0, 0.05) is 6.07 Å². The number of aliphatic hydroxyl groups is 1. The summed E-state index contributed by atoms with van der Waals surface area (Å²) in [5.74, 6) is 0. The molecule has 1 N–H and O–H groups in total. The standard InChI is InChI=1S/C13H11NO3/c15-9-12-11(10-5-2-1-3-6-10)7-4-8-13(12)14(16)17/h1-8,15H,9H2. The molecule has 4 nitrogen and oxygen atoms in total. The van der Waals surface area contributed by atoms with E-state index < -0.39 is 4.92 Å². The minimum atomic E-state index is -0.474. The Kier molecular flexibility index (Phi) is 3.16. The molecule has 0 aliphatic heterocycles. The second kappa shape index (κ2) is 4.76. The van der Waals surface area contributed by atoms with Gasteiger partial charge in [-0.15, -0.1) is 0 Å². The molecule has 0 aliphatic rings. The van der Waals surface area contributed by atoms with Crippen molar-refractivity contribution in [2.24, 2.45) is 0 Å². The molecule has 2 aromatic rings. The van der Waals surface area contributed by atoms with E-state index in [1.807, 2.05) is 30.3 Å². The van der Waals surface area contributed by atoms with Gasteiger partial charge in [0.2, 0.25) is 0 Å². The van der Waals surface area contributed by atoms with E-state index in [4.69, 9.17) is 0 Å². The van der Waals surface area contributed by atoms with Crippen LogP contribution in [0.2, 0.25) is 0 Å². The molecule has 4 heteroatoms. The average molecular weight is 229 g/mol. The zero-order valence-corrected chi connectivity index (χ0v) is 9.04. The molecular formula is C13H11NO3. The molecule has 0 bridgehead atoms. The largest absolute Gasteiger partial charge is 0.391 e. The molecule has 2 rings (SSSR count). The van der Waals surface area contributed by atoms with Crippen molar-refractivity contribution in [2.45, 2.75) is 6.61 Å². The van der Waals surface area contributed by atoms with Crippen LogP contribution in [0.3, 0.4) is 0 Å². The van der Waals surface area contributed by atoms with Gasteiger partial charge in [-0.1, -0.05) is 42.5 Å². The molecular weight excluding hydrogens is 218 g/mol. The predicted octanol–water partition coefficient (Wildman–Crippen LogP) is 2.75. The Bertz CT molecular complexity index is 538. The molecule has 17 heavy (non-hydrogen) atoms. The third kappa shape index (κ3) is 2.16. The summed E-state index contributed by atoms with van der Waals surface area (Å²) in [5.41, 5.74) is 1.86. The van der Waals surface area contributed by atoms with E-state index in [0.29, 0.717) is 11.1 Å². The Hall–Kier alpha value is -2.20. The van der Waals surface area contributed by atoms with Gasteiger partial charge >= 0.3 is 0 Å². The van der Waals surface area contributed by atoms with Gasteiger partial charge in [0.15, 0.2) is 0 Å². The molecule has 0 radical (unpaired) electrons. The molecule has 0 unspecified atom stereocenters. The molecule has 2 aromatic carbocycles. The first kappa shape index (κ1) is 11.3. The summed E-state index contributed by atoms with van der Waals surface area (Å²) in [4.78, 5) is 10.4. The van der Waals surface area contributed by atoms with E-state index in [0.717, 1.165) is 5.56 Å². The SMILES string of the molecule is O=[N+]([O-])c1cccc(-c2ccccc2)c1CO. The summed E-state index contributed by atoms with van der Waals surface area (Å²) < 4.78 is 0. The van der Waals surface area contributed by atoms with Gasteiger partial charge in [-0.05, 0) is 11.1 Å². The molecule has 86 valence electrons. The number of nitrogens with zero attached hydrogens (tertiary/aromatic N) is 1. The number of nitro groups is 1. The van der Waals surface area contributed by atoms with Gasteiger partial charge < -0.3 is 5.11 Å². The topological polar surface area (TPSA) is 63.4 Å². The minimum Gasteiger partial charge on any atom is -0.391 e. The van der Waals surface area contributed by atoms with Crippen molar-refractivity contribution >= 4 is 5.69 Å². The number of hydrogen-bond acceptors (Lipinski definition) is 3. The van der Waals surface area contributed by atoms with Crippen molar-refractivity contribution < 1.29 is 10.0 Å².